The zero-order valence-corrected chi connectivity index (χ0v) is 14.8. The predicted octanol–water partition coefficient (Wildman–Crippen LogP) is 3.89. The summed E-state index contributed by atoms with van der Waals surface area (Å²) in [4.78, 5) is 12.3. The summed E-state index contributed by atoms with van der Waals surface area (Å²) in [5.74, 6) is 5.77. The van der Waals surface area contributed by atoms with Gasteiger partial charge in [-0.15, -0.1) is 0 Å². The molecule has 0 radical (unpaired) electrons. The Bertz CT molecular complexity index is 768. The van der Waals surface area contributed by atoms with E-state index in [4.69, 9.17) is 0 Å². The number of nitrogens with one attached hydrogen (secondary N) is 1. The Hall–Kier alpha value is -2.38. The van der Waals surface area contributed by atoms with Crippen molar-refractivity contribution < 1.29 is 14.3 Å². The van der Waals surface area contributed by atoms with Crippen LogP contribution in [0.4, 0.5) is 4.39 Å². The normalized spacial score (nSPS) is 22.5. The molecule has 2 unspecified atom stereocenters. The van der Waals surface area contributed by atoms with Crippen molar-refractivity contribution in [2.24, 2.45) is 5.92 Å². The van der Waals surface area contributed by atoms with Gasteiger partial charge in [0, 0.05) is 17.7 Å². The number of allylic oxidation sites excluding steroid dienone is 4. The number of benzene rings is 1. The maximum absolute atomic E-state index is 13.6. The average molecular weight is 353 g/mol. The number of hydrogen-bond donors (Lipinski definition) is 2. The standard InChI is InChI=1S/C22H24FNO2/c23-21-7-2-1-5-18(21)11-8-16-9-12-19(13-10-16)22(26)24-15-17-4-3-6-20(25)14-17/h5,7,9-10,12-13,17,20,25H,1-4,6,14-15H2,(H,24,26). The molecule has 2 aliphatic carbocycles. The Morgan fingerprint density at radius 2 is 1.92 bits per heavy atom. The van der Waals surface area contributed by atoms with E-state index >= 15 is 0 Å². The second-order valence-corrected chi connectivity index (χ2v) is 6.97. The second kappa shape index (κ2) is 8.82. The van der Waals surface area contributed by atoms with Crippen molar-refractivity contribution in [3.63, 3.8) is 0 Å². The molecule has 26 heavy (non-hydrogen) atoms. The number of hydrogen-bond acceptors (Lipinski definition) is 2. The fourth-order valence-corrected chi connectivity index (χ4v) is 3.39. The van der Waals surface area contributed by atoms with E-state index in [2.05, 4.69) is 17.2 Å². The van der Waals surface area contributed by atoms with Crippen LogP contribution in [0.5, 0.6) is 0 Å². The first-order chi connectivity index (χ1) is 12.6. The summed E-state index contributed by atoms with van der Waals surface area (Å²) in [5, 5.41) is 12.6. The molecule has 1 fully saturated rings. The highest BCUT2D eigenvalue weighted by molar-refractivity contribution is 5.94. The number of halogens is 1. The van der Waals surface area contributed by atoms with Crippen molar-refractivity contribution in [1.29, 1.82) is 0 Å². The lowest BCUT2D eigenvalue weighted by Gasteiger charge is -2.25. The van der Waals surface area contributed by atoms with E-state index in [0.29, 0.717) is 23.6 Å². The molecule has 1 amide bonds. The van der Waals surface area contributed by atoms with Gasteiger partial charge in [0.1, 0.15) is 5.83 Å². The molecule has 136 valence electrons. The van der Waals surface area contributed by atoms with E-state index < -0.39 is 0 Å². The zero-order chi connectivity index (χ0) is 18.4. The number of aliphatic hydroxyl groups excluding tert-OH is 1. The van der Waals surface area contributed by atoms with Crippen LogP contribution in [0, 0.1) is 17.8 Å². The molecule has 0 spiro atoms. The van der Waals surface area contributed by atoms with Crippen molar-refractivity contribution in [3.8, 4) is 11.8 Å². The van der Waals surface area contributed by atoms with Crippen molar-refractivity contribution in [1.82, 2.24) is 5.32 Å². The average Bonchev–Trinajstić information content (AvgIpc) is 2.66. The molecule has 0 bridgehead atoms. The Morgan fingerprint density at radius 3 is 2.65 bits per heavy atom. The zero-order valence-electron chi connectivity index (χ0n) is 14.8. The van der Waals surface area contributed by atoms with Crippen molar-refractivity contribution in [3.05, 3.63) is 58.9 Å². The maximum Gasteiger partial charge on any atom is 0.251 e. The van der Waals surface area contributed by atoms with E-state index in [0.717, 1.165) is 44.1 Å². The van der Waals surface area contributed by atoms with Gasteiger partial charge in [0.15, 0.2) is 0 Å². The first kappa shape index (κ1) is 18.4. The van der Waals surface area contributed by atoms with Crippen molar-refractivity contribution in [2.75, 3.05) is 6.54 Å². The number of carbonyl (C=O) groups is 1. The molecule has 0 saturated heterocycles. The SMILES string of the molecule is O=C(NCC1CCCC(O)C1)c1ccc(C#CC2=CCCC=C2F)cc1. The van der Waals surface area contributed by atoms with E-state index in [9.17, 15) is 14.3 Å². The van der Waals surface area contributed by atoms with Crippen molar-refractivity contribution in [2.45, 2.75) is 44.6 Å². The van der Waals surface area contributed by atoms with E-state index in [1.165, 1.54) is 0 Å². The molecular formula is C22H24FNO2. The molecule has 3 rings (SSSR count). The van der Waals surface area contributed by atoms with Crippen LogP contribution in [0.1, 0.15) is 54.4 Å². The molecule has 1 aromatic carbocycles. The predicted molar refractivity (Wildman–Crippen MR) is 100 cm³/mol. The smallest absolute Gasteiger partial charge is 0.251 e. The molecule has 0 heterocycles. The minimum Gasteiger partial charge on any atom is -0.393 e. The number of amides is 1. The second-order valence-electron chi connectivity index (χ2n) is 6.97. The van der Waals surface area contributed by atoms with Gasteiger partial charge in [-0.2, -0.15) is 0 Å². The minimum atomic E-state index is -0.257. The Morgan fingerprint density at radius 1 is 1.15 bits per heavy atom. The Kier molecular flexibility index (Phi) is 6.25. The fraction of sp³-hybridized carbons (Fsp3) is 0.409. The van der Waals surface area contributed by atoms with Crippen LogP contribution < -0.4 is 5.32 Å². The Balaban J connectivity index is 1.55. The van der Waals surface area contributed by atoms with Gasteiger partial charge in [-0.05, 0) is 68.4 Å². The van der Waals surface area contributed by atoms with Crippen LogP contribution in [0.15, 0.2) is 47.8 Å². The van der Waals surface area contributed by atoms with E-state index in [-0.39, 0.29) is 17.8 Å². The molecule has 4 heteroatoms. The molecule has 3 nitrogen and oxygen atoms in total. The monoisotopic (exact) mass is 353 g/mol. The summed E-state index contributed by atoms with van der Waals surface area (Å²) in [5.41, 5.74) is 1.76. The van der Waals surface area contributed by atoms with Gasteiger partial charge >= 0.3 is 0 Å². The highest BCUT2D eigenvalue weighted by Crippen LogP contribution is 2.23. The molecular weight excluding hydrogens is 329 g/mol. The van der Waals surface area contributed by atoms with Crippen molar-refractivity contribution >= 4 is 5.91 Å². The van der Waals surface area contributed by atoms with Crippen LogP contribution >= 0.6 is 0 Å². The number of carbonyl (C=O) groups excluding carboxylic acids is 1. The molecule has 1 saturated carbocycles. The third kappa shape index (κ3) is 5.06. The van der Waals surface area contributed by atoms with Crippen LogP contribution in [-0.4, -0.2) is 23.7 Å². The van der Waals surface area contributed by atoms with Gasteiger partial charge < -0.3 is 10.4 Å². The van der Waals surface area contributed by atoms with Crippen LogP contribution in [0.3, 0.4) is 0 Å². The summed E-state index contributed by atoms with van der Waals surface area (Å²) in [6.45, 7) is 0.594. The third-order valence-electron chi connectivity index (χ3n) is 4.89. The summed E-state index contributed by atoms with van der Waals surface area (Å²) >= 11 is 0. The quantitative estimate of drug-likeness (QED) is 0.810. The molecule has 2 aliphatic rings. The summed E-state index contributed by atoms with van der Waals surface area (Å²) in [6, 6.07) is 7.02. The highest BCUT2D eigenvalue weighted by atomic mass is 19.1. The lowest BCUT2D eigenvalue weighted by molar-refractivity contribution is 0.0874. The van der Waals surface area contributed by atoms with Crippen LogP contribution in [0.25, 0.3) is 0 Å². The largest absolute Gasteiger partial charge is 0.393 e. The van der Waals surface area contributed by atoms with E-state index in [1.54, 1.807) is 30.3 Å². The summed E-state index contributed by atoms with van der Waals surface area (Å²) in [6.07, 6.45) is 8.36. The third-order valence-corrected chi connectivity index (χ3v) is 4.89. The molecule has 1 aromatic rings. The highest BCUT2D eigenvalue weighted by Gasteiger charge is 2.20. The molecule has 0 aromatic heterocycles. The summed E-state index contributed by atoms with van der Waals surface area (Å²) < 4.78 is 13.6. The van der Waals surface area contributed by atoms with Gasteiger partial charge in [-0.25, -0.2) is 4.39 Å². The van der Waals surface area contributed by atoms with Gasteiger partial charge in [-0.3, -0.25) is 4.79 Å². The van der Waals surface area contributed by atoms with Gasteiger partial charge in [0.05, 0.1) is 11.7 Å². The molecule has 2 atom stereocenters. The first-order valence-electron chi connectivity index (χ1n) is 9.26. The first-order valence-corrected chi connectivity index (χ1v) is 9.26. The van der Waals surface area contributed by atoms with Gasteiger partial charge in [0.25, 0.3) is 5.91 Å². The molecule has 2 N–H and O–H groups in total. The van der Waals surface area contributed by atoms with Crippen LogP contribution in [-0.2, 0) is 0 Å². The topological polar surface area (TPSA) is 49.3 Å². The van der Waals surface area contributed by atoms with Crippen LogP contribution in [0.2, 0.25) is 0 Å². The minimum absolute atomic E-state index is 0.117. The van der Waals surface area contributed by atoms with Gasteiger partial charge in [0.2, 0.25) is 0 Å². The molecule has 0 aliphatic heterocycles. The lowest BCUT2D eigenvalue weighted by Crippen LogP contribution is -2.32. The van der Waals surface area contributed by atoms with E-state index in [1.807, 2.05) is 6.08 Å². The number of rotatable bonds is 3. The maximum atomic E-state index is 13.6. The van der Waals surface area contributed by atoms with Gasteiger partial charge in [-0.1, -0.05) is 24.3 Å². The number of aliphatic hydroxyl groups is 1. The fourth-order valence-electron chi connectivity index (χ4n) is 3.39. The Labute approximate surface area is 154 Å². The summed E-state index contributed by atoms with van der Waals surface area (Å²) in [7, 11) is 0. The lowest BCUT2D eigenvalue weighted by atomic mass is 9.87.